The minimum Gasteiger partial charge on any atom is -0.497 e. The summed E-state index contributed by atoms with van der Waals surface area (Å²) in [5.41, 5.74) is 2.19. The molecule has 5 aromatic rings. The molecule has 0 aliphatic carbocycles. The van der Waals surface area contributed by atoms with Crippen LogP contribution in [0.4, 0.5) is 4.39 Å². The van der Waals surface area contributed by atoms with Gasteiger partial charge in [0, 0.05) is 28.5 Å². The van der Waals surface area contributed by atoms with Gasteiger partial charge in [-0.15, -0.1) is 0 Å². The molecule has 0 saturated heterocycles. The first-order valence-electron chi connectivity index (χ1n) is 10.8. The molecule has 8 nitrogen and oxygen atoms in total. The molecule has 36 heavy (non-hydrogen) atoms. The van der Waals surface area contributed by atoms with Gasteiger partial charge >= 0.3 is 5.97 Å². The number of pyridine rings is 1. The van der Waals surface area contributed by atoms with Crippen molar-refractivity contribution in [3.05, 3.63) is 111 Å². The molecule has 5 rings (SSSR count). The van der Waals surface area contributed by atoms with E-state index in [2.05, 4.69) is 26.0 Å². The number of esters is 1. The van der Waals surface area contributed by atoms with Crippen molar-refractivity contribution < 1.29 is 18.7 Å². The monoisotopic (exact) mass is 548 g/mol. The summed E-state index contributed by atoms with van der Waals surface area (Å²) in [7, 11) is 1.54. The maximum atomic E-state index is 13.4. The standard InChI is InChI=1S/C26H18BrFN4O4/c1-35-21-4-2-3-16(11-21)25-22(14-32(30-25)20-8-6-18(28)7-9-20)26(34)36-15-19-12-24(33)31-13-17(27)5-10-23(31)29-19/h2-14H,15H2,1H3. The van der Waals surface area contributed by atoms with E-state index in [1.807, 2.05) is 0 Å². The lowest BCUT2D eigenvalue weighted by molar-refractivity contribution is 0.0468. The zero-order chi connectivity index (χ0) is 25.2. The van der Waals surface area contributed by atoms with Gasteiger partial charge in [-0.1, -0.05) is 12.1 Å². The van der Waals surface area contributed by atoms with Crippen molar-refractivity contribution >= 4 is 27.5 Å². The van der Waals surface area contributed by atoms with Crippen LogP contribution in [0.1, 0.15) is 16.1 Å². The summed E-state index contributed by atoms with van der Waals surface area (Å²) in [4.78, 5) is 30.0. The quantitative estimate of drug-likeness (QED) is 0.283. The topological polar surface area (TPSA) is 87.7 Å². The number of hydrogen-bond acceptors (Lipinski definition) is 6. The van der Waals surface area contributed by atoms with Crippen LogP contribution in [0.25, 0.3) is 22.6 Å². The Kier molecular flexibility index (Phi) is 6.34. The molecule has 0 fully saturated rings. The van der Waals surface area contributed by atoms with Crippen LogP contribution in [0, 0.1) is 5.82 Å². The number of hydrogen-bond donors (Lipinski definition) is 0. The Bertz CT molecular complexity index is 1650. The van der Waals surface area contributed by atoms with E-state index >= 15 is 0 Å². The normalized spacial score (nSPS) is 11.0. The molecule has 0 saturated carbocycles. The predicted octanol–water partition coefficient (Wildman–Crippen LogP) is 4.81. The number of rotatable bonds is 6. The van der Waals surface area contributed by atoms with Crippen LogP contribution in [0.15, 0.2) is 88.4 Å². The second-order valence-electron chi connectivity index (χ2n) is 7.78. The second kappa shape index (κ2) is 9.74. The zero-order valence-corrected chi connectivity index (χ0v) is 20.5. The molecule has 3 aromatic heterocycles. The number of methoxy groups -OCH3 is 1. The van der Waals surface area contributed by atoms with Crippen molar-refractivity contribution in [2.75, 3.05) is 7.11 Å². The highest BCUT2D eigenvalue weighted by molar-refractivity contribution is 9.10. The predicted molar refractivity (Wildman–Crippen MR) is 134 cm³/mol. The third-order valence-corrected chi connectivity index (χ3v) is 5.87. The summed E-state index contributed by atoms with van der Waals surface area (Å²) < 4.78 is 27.9. The Balaban J connectivity index is 1.48. The first-order valence-corrected chi connectivity index (χ1v) is 11.6. The molecule has 2 aromatic carbocycles. The van der Waals surface area contributed by atoms with E-state index in [9.17, 15) is 14.0 Å². The number of halogens is 2. The number of ether oxygens (including phenoxy) is 2. The highest BCUT2D eigenvalue weighted by atomic mass is 79.9. The van der Waals surface area contributed by atoms with Gasteiger partial charge in [0.25, 0.3) is 5.56 Å². The average molecular weight is 549 g/mol. The molecule has 0 unspecified atom stereocenters. The number of benzene rings is 2. The van der Waals surface area contributed by atoms with E-state index in [0.29, 0.717) is 34.0 Å². The van der Waals surface area contributed by atoms with Gasteiger partial charge in [-0.25, -0.2) is 18.9 Å². The Hall–Kier alpha value is -4.31. The van der Waals surface area contributed by atoms with Crippen molar-refractivity contribution in [2.45, 2.75) is 6.61 Å². The first kappa shape index (κ1) is 23.4. The smallest absolute Gasteiger partial charge is 0.342 e. The van der Waals surface area contributed by atoms with Gasteiger partial charge in [0.2, 0.25) is 0 Å². The summed E-state index contributed by atoms with van der Waals surface area (Å²) >= 11 is 3.33. The molecular weight excluding hydrogens is 531 g/mol. The van der Waals surface area contributed by atoms with E-state index in [0.717, 1.165) is 4.47 Å². The van der Waals surface area contributed by atoms with Crippen LogP contribution < -0.4 is 10.3 Å². The van der Waals surface area contributed by atoms with Crippen molar-refractivity contribution in [2.24, 2.45) is 0 Å². The van der Waals surface area contributed by atoms with Crippen LogP contribution in [0.2, 0.25) is 0 Å². The fraction of sp³-hybridized carbons (Fsp3) is 0.0769. The molecule has 0 radical (unpaired) electrons. The second-order valence-corrected chi connectivity index (χ2v) is 8.70. The third kappa shape index (κ3) is 4.76. The van der Waals surface area contributed by atoms with Gasteiger partial charge in [-0.05, 0) is 64.5 Å². The average Bonchev–Trinajstić information content (AvgIpc) is 3.34. The lowest BCUT2D eigenvalue weighted by atomic mass is 10.1. The molecule has 0 bridgehead atoms. The Morgan fingerprint density at radius 3 is 2.64 bits per heavy atom. The molecule has 0 aliphatic heterocycles. The van der Waals surface area contributed by atoms with Crippen LogP contribution in [-0.4, -0.2) is 32.2 Å². The Labute approximate surface area is 212 Å². The molecule has 3 heterocycles. The minimum absolute atomic E-state index is 0.189. The lowest BCUT2D eigenvalue weighted by Gasteiger charge is -2.07. The molecule has 10 heteroatoms. The van der Waals surface area contributed by atoms with Crippen LogP contribution in [0.3, 0.4) is 0 Å². The fourth-order valence-corrected chi connectivity index (χ4v) is 3.99. The van der Waals surface area contributed by atoms with Gasteiger partial charge < -0.3 is 9.47 Å². The molecule has 0 spiro atoms. The highest BCUT2D eigenvalue weighted by Gasteiger charge is 2.21. The molecule has 0 N–H and O–H groups in total. The maximum Gasteiger partial charge on any atom is 0.342 e. The summed E-state index contributed by atoms with van der Waals surface area (Å²) in [6.07, 6.45) is 3.13. The summed E-state index contributed by atoms with van der Waals surface area (Å²) in [6.45, 7) is -0.208. The van der Waals surface area contributed by atoms with E-state index in [-0.39, 0.29) is 23.5 Å². The number of carbonyl (C=O) groups excluding carboxylic acids is 1. The number of fused-ring (bicyclic) bond motifs is 1. The van der Waals surface area contributed by atoms with Gasteiger partial charge in [0.05, 0.1) is 18.5 Å². The Morgan fingerprint density at radius 2 is 1.86 bits per heavy atom. The largest absolute Gasteiger partial charge is 0.497 e. The molecule has 180 valence electrons. The van der Waals surface area contributed by atoms with E-state index in [1.165, 1.54) is 33.5 Å². The summed E-state index contributed by atoms with van der Waals surface area (Å²) in [5, 5.41) is 4.56. The SMILES string of the molecule is COc1cccc(-c2nn(-c3ccc(F)cc3)cc2C(=O)OCc2cc(=O)n3cc(Br)ccc3n2)c1. The van der Waals surface area contributed by atoms with Gasteiger partial charge in [0.15, 0.2) is 0 Å². The zero-order valence-electron chi connectivity index (χ0n) is 18.9. The summed E-state index contributed by atoms with van der Waals surface area (Å²) in [5.74, 6) is -0.445. The fourth-order valence-electron chi connectivity index (χ4n) is 3.65. The van der Waals surface area contributed by atoms with E-state index in [4.69, 9.17) is 9.47 Å². The van der Waals surface area contributed by atoms with Crippen LogP contribution in [-0.2, 0) is 11.3 Å². The van der Waals surface area contributed by atoms with Crippen molar-refractivity contribution in [3.8, 4) is 22.7 Å². The Morgan fingerprint density at radius 1 is 1.06 bits per heavy atom. The van der Waals surface area contributed by atoms with Crippen molar-refractivity contribution in [3.63, 3.8) is 0 Å². The van der Waals surface area contributed by atoms with Gasteiger partial charge in [-0.2, -0.15) is 5.10 Å². The summed E-state index contributed by atoms with van der Waals surface area (Å²) in [6, 6.07) is 17.6. The first-order chi connectivity index (χ1) is 17.4. The van der Waals surface area contributed by atoms with Crippen LogP contribution >= 0.6 is 15.9 Å². The van der Waals surface area contributed by atoms with Crippen LogP contribution in [0.5, 0.6) is 5.75 Å². The third-order valence-electron chi connectivity index (χ3n) is 5.40. The number of nitrogens with zero attached hydrogens (tertiary/aromatic N) is 4. The molecule has 0 amide bonds. The van der Waals surface area contributed by atoms with E-state index < -0.39 is 5.97 Å². The number of carbonyl (C=O) groups is 1. The van der Waals surface area contributed by atoms with Gasteiger partial charge in [-0.3, -0.25) is 9.20 Å². The lowest BCUT2D eigenvalue weighted by Crippen LogP contribution is -2.16. The van der Waals surface area contributed by atoms with Crippen molar-refractivity contribution in [1.29, 1.82) is 0 Å². The molecule has 0 atom stereocenters. The van der Waals surface area contributed by atoms with Crippen molar-refractivity contribution in [1.82, 2.24) is 19.2 Å². The number of aromatic nitrogens is 4. The van der Waals surface area contributed by atoms with E-state index in [1.54, 1.807) is 61.8 Å². The minimum atomic E-state index is -0.654. The highest BCUT2D eigenvalue weighted by Crippen LogP contribution is 2.28. The molecular formula is C26H18BrFN4O4. The molecule has 0 aliphatic rings. The maximum absolute atomic E-state index is 13.4. The van der Waals surface area contributed by atoms with Gasteiger partial charge in [0.1, 0.15) is 35.1 Å².